The third-order valence-electron chi connectivity index (χ3n) is 7.05. The lowest BCUT2D eigenvalue weighted by Crippen LogP contribution is -2.54. The Kier molecular flexibility index (Phi) is 11.0. The van der Waals surface area contributed by atoms with Gasteiger partial charge in [0.05, 0.1) is 0 Å². The number of hydrogen-bond acceptors (Lipinski definition) is 4. The van der Waals surface area contributed by atoms with E-state index in [2.05, 4.69) is 50.8 Å². The Morgan fingerprint density at radius 3 is 2.54 bits per heavy atom. The highest BCUT2D eigenvalue weighted by molar-refractivity contribution is 9.10. The van der Waals surface area contributed by atoms with Gasteiger partial charge in [-0.3, -0.25) is 9.69 Å². The van der Waals surface area contributed by atoms with Gasteiger partial charge in [0.15, 0.2) is 0 Å². The second kappa shape index (κ2) is 13.9. The normalized spacial score (nSPS) is 17.8. The van der Waals surface area contributed by atoms with Crippen molar-refractivity contribution in [2.75, 3.05) is 25.2 Å². The number of carbonyl (C=O) groups excluding carboxylic acids is 2. The number of nitrogens with one attached hydrogen (secondary N) is 2. The Morgan fingerprint density at radius 1 is 1.14 bits per heavy atom. The molecule has 1 aliphatic rings. The highest BCUT2D eigenvalue weighted by Gasteiger charge is 2.39. The monoisotopic (exact) mass is 572 g/mol. The van der Waals surface area contributed by atoms with Crippen molar-refractivity contribution in [3.05, 3.63) is 64.1 Å². The van der Waals surface area contributed by atoms with Crippen LogP contribution in [0.3, 0.4) is 0 Å². The number of fused-ring (bicyclic) bond motifs is 1. The maximum atomic E-state index is 13.5. The first-order valence-corrected chi connectivity index (χ1v) is 14.0. The molecule has 37 heavy (non-hydrogen) atoms. The van der Waals surface area contributed by atoms with E-state index in [0.29, 0.717) is 18.5 Å². The molecule has 0 radical (unpaired) electrons. The van der Waals surface area contributed by atoms with E-state index in [1.807, 2.05) is 38.1 Å². The van der Waals surface area contributed by atoms with Crippen LogP contribution in [-0.2, 0) is 21.5 Å². The van der Waals surface area contributed by atoms with Crippen LogP contribution in [-0.4, -0.2) is 44.3 Å². The van der Waals surface area contributed by atoms with E-state index in [1.54, 1.807) is 7.11 Å². The summed E-state index contributed by atoms with van der Waals surface area (Å²) in [6.45, 7) is 5.43. The minimum absolute atomic E-state index is 0.0575. The van der Waals surface area contributed by atoms with Gasteiger partial charge < -0.3 is 21.1 Å². The van der Waals surface area contributed by atoms with Crippen LogP contribution in [0.1, 0.15) is 63.5 Å². The van der Waals surface area contributed by atoms with E-state index in [-0.39, 0.29) is 17.5 Å². The molecule has 202 valence electrons. The molecule has 2 aromatic rings. The first kappa shape index (κ1) is 29.1. The van der Waals surface area contributed by atoms with Gasteiger partial charge in [0.1, 0.15) is 6.04 Å². The lowest BCUT2D eigenvalue weighted by molar-refractivity contribution is -0.123. The first-order chi connectivity index (χ1) is 17.8. The van der Waals surface area contributed by atoms with Crippen LogP contribution in [0.4, 0.5) is 10.5 Å². The van der Waals surface area contributed by atoms with Crippen molar-refractivity contribution >= 4 is 33.6 Å². The van der Waals surface area contributed by atoms with E-state index in [1.165, 1.54) is 16.0 Å². The molecule has 7 nitrogen and oxygen atoms in total. The van der Waals surface area contributed by atoms with E-state index in [9.17, 15) is 9.59 Å². The van der Waals surface area contributed by atoms with Crippen molar-refractivity contribution < 1.29 is 14.3 Å². The van der Waals surface area contributed by atoms with E-state index < -0.39 is 12.1 Å². The summed E-state index contributed by atoms with van der Waals surface area (Å²) in [5.74, 6) is -0.198. The molecule has 3 amide bonds. The molecule has 0 spiro atoms. The zero-order valence-electron chi connectivity index (χ0n) is 22.3. The molecule has 1 unspecified atom stereocenters. The highest BCUT2D eigenvalue weighted by Crippen LogP contribution is 2.40. The number of unbranched alkanes of at least 4 members (excludes halogenated alkanes) is 1. The van der Waals surface area contributed by atoms with Crippen LogP contribution in [0, 0.1) is 0 Å². The molecule has 2 aromatic carbocycles. The Balaban J connectivity index is 1.93. The van der Waals surface area contributed by atoms with E-state index in [4.69, 9.17) is 10.5 Å². The number of amides is 3. The van der Waals surface area contributed by atoms with Crippen LogP contribution in [0.5, 0.6) is 0 Å². The van der Waals surface area contributed by atoms with Crippen molar-refractivity contribution in [3.8, 4) is 0 Å². The third kappa shape index (κ3) is 7.79. The molecule has 0 saturated carbocycles. The summed E-state index contributed by atoms with van der Waals surface area (Å²) in [7, 11) is 1.73. The predicted octanol–water partition coefficient (Wildman–Crippen LogP) is 5.26. The van der Waals surface area contributed by atoms with Crippen LogP contribution < -0.4 is 21.3 Å². The molecule has 2 atom stereocenters. The van der Waals surface area contributed by atoms with Crippen molar-refractivity contribution in [2.45, 2.75) is 76.4 Å². The van der Waals surface area contributed by atoms with Gasteiger partial charge in [0, 0.05) is 35.5 Å². The summed E-state index contributed by atoms with van der Waals surface area (Å²) in [5.41, 5.74) is 8.86. The number of nitrogens with two attached hydrogens (primary N) is 1. The Hall–Kier alpha value is -2.42. The van der Waals surface area contributed by atoms with Crippen molar-refractivity contribution in [1.29, 1.82) is 0 Å². The van der Waals surface area contributed by atoms with Crippen molar-refractivity contribution in [2.24, 2.45) is 5.73 Å². The molecule has 0 heterocycles. The average molecular weight is 574 g/mol. The standard InChI is InChI=1S/C29H41BrN4O3/c1-21(2)33-27(35)26(34(28(31)36)24-14-12-23(30)13-15-24)16-18-29(32-19-6-7-20-37-3)17-8-10-22-9-4-5-11-25(22)29/h4-5,9,11-15,21,26,32H,6-8,10,16-20H2,1-3H3,(H2,31,36)(H,33,35)/t26-,29?/m0/s1. The summed E-state index contributed by atoms with van der Waals surface area (Å²) in [4.78, 5) is 27.7. The Labute approximate surface area is 229 Å². The fourth-order valence-electron chi connectivity index (χ4n) is 5.35. The van der Waals surface area contributed by atoms with Gasteiger partial charge in [0.25, 0.3) is 0 Å². The fraction of sp³-hybridized carbons (Fsp3) is 0.517. The number of halogens is 1. The number of methoxy groups -OCH3 is 1. The number of aryl methyl sites for hydroxylation is 1. The molecule has 0 bridgehead atoms. The maximum absolute atomic E-state index is 13.5. The number of anilines is 1. The summed E-state index contributed by atoms with van der Waals surface area (Å²) >= 11 is 3.45. The quantitative estimate of drug-likeness (QED) is 0.285. The van der Waals surface area contributed by atoms with E-state index >= 15 is 0 Å². The summed E-state index contributed by atoms with van der Waals surface area (Å²) in [6.07, 6.45) is 6.24. The van der Waals surface area contributed by atoms with Gasteiger partial charge >= 0.3 is 6.03 Å². The van der Waals surface area contributed by atoms with Crippen molar-refractivity contribution in [1.82, 2.24) is 10.6 Å². The lowest BCUT2D eigenvalue weighted by atomic mass is 9.73. The molecule has 0 fully saturated rings. The van der Waals surface area contributed by atoms with Gasteiger partial charge in [-0.2, -0.15) is 0 Å². The van der Waals surface area contributed by atoms with Gasteiger partial charge in [-0.05, 0) is 101 Å². The van der Waals surface area contributed by atoms with Gasteiger partial charge in [-0.1, -0.05) is 40.2 Å². The minimum atomic E-state index is -0.734. The Bertz CT molecular complexity index is 1030. The second-order valence-corrected chi connectivity index (χ2v) is 11.0. The zero-order chi connectivity index (χ0) is 26.8. The SMILES string of the molecule is COCCCCNC1(CC[C@@H](C(=O)NC(C)C)N(C(N)=O)c2ccc(Br)cc2)CCCc2ccccc21. The average Bonchev–Trinajstić information content (AvgIpc) is 2.87. The zero-order valence-corrected chi connectivity index (χ0v) is 23.9. The second-order valence-electron chi connectivity index (χ2n) is 10.1. The minimum Gasteiger partial charge on any atom is -0.385 e. The molecule has 0 aromatic heterocycles. The highest BCUT2D eigenvalue weighted by atomic mass is 79.9. The number of ether oxygens (including phenoxy) is 1. The Morgan fingerprint density at radius 2 is 1.86 bits per heavy atom. The number of carbonyl (C=O) groups is 2. The maximum Gasteiger partial charge on any atom is 0.320 e. The lowest BCUT2D eigenvalue weighted by Gasteiger charge is -2.42. The number of benzene rings is 2. The molecule has 4 N–H and O–H groups in total. The smallest absolute Gasteiger partial charge is 0.320 e. The summed E-state index contributed by atoms with van der Waals surface area (Å²) in [5, 5.41) is 6.89. The van der Waals surface area contributed by atoms with Gasteiger partial charge in [-0.25, -0.2) is 4.79 Å². The molecule has 3 rings (SSSR count). The molecule has 8 heteroatoms. The van der Waals surface area contributed by atoms with Crippen molar-refractivity contribution in [3.63, 3.8) is 0 Å². The van der Waals surface area contributed by atoms with Crippen LogP contribution in [0.2, 0.25) is 0 Å². The van der Waals surface area contributed by atoms with E-state index in [0.717, 1.165) is 49.7 Å². The molecular weight excluding hydrogens is 532 g/mol. The molecule has 1 aliphatic carbocycles. The molecule has 0 saturated heterocycles. The van der Waals surface area contributed by atoms with Crippen LogP contribution in [0.15, 0.2) is 53.0 Å². The topological polar surface area (TPSA) is 96.7 Å². The van der Waals surface area contributed by atoms with Crippen LogP contribution in [0.25, 0.3) is 0 Å². The number of hydrogen-bond donors (Lipinski definition) is 3. The largest absolute Gasteiger partial charge is 0.385 e. The summed E-state index contributed by atoms with van der Waals surface area (Å²) < 4.78 is 6.11. The molecular formula is C29H41BrN4O3. The third-order valence-corrected chi connectivity index (χ3v) is 7.58. The fourth-order valence-corrected chi connectivity index (χ4v) is 5.62. The number of urea groups is 1. The predicted molar refractivity (Wildman–Crippen MR) is 153 cm³/mol. The summed E-state index contributed by atoms with van der Waals surface area (Å²) in [6, 6.07) is 14.5. The molecule has 0 aliphatic heterocycles. The number of rotatable bonds is 13. The van der Waals surface area contributed by atoms with Crippen LogP contribution >= 0.6 is 15.9 Å². The van der Waals surface area contributed by atoms with Gasteiger partial charge in [0.2, 0.25) is 5.91 Å². The number of nitrogens with zero attached hydrogens (tertiary/aromatic N) is 1. The first-order valence-electron chi connectivity index (χ1n) is 13.2. The number of primary amides is 1. The van der Waals surface area contributed by atoms with Gasteiger partial charge in [-0.15, -0.1) is 0 Å².